The zero-order valence-electron chi connectivity index (χ0n) is 17.9. The number of rotatable bonds is 11. The first kappa shape index (κ1) is 22.5. The maximum Gasteiger partial charge on any atom is 0.269 e. The molecule has 2 aliphatic heterocycles. The van der Waals surface area contributed by atoms with Gasteiger partial charge in [-0.05, 0) is 52.4 Å². The molecule has 2 aliphatic rings. The molecule has 0 bridgehead atoms. The molecule has 0 aromatic rings. The van der Waals surface area contributed by atoms with E-state index in [0.29, 0.717) is 30.2 Å². The first-order valence-corrected chi connectivity index (χ1v) is 10.8. The molecule has 0 spiro atoms. The van der Waals surface area contributed by atoms with Crippen LogP contribution in [0.1, 0.15) is 46.5 Å². The van der Waals surface area contributed by atoms with Gasteiger partial charge in [-0.15, -0.1) is 6.58 Å². The van der Waals surface area contributed by atoms with Gasteiger partial charge in [0.1, 0.15) is 0 Å². The molecule has 2 unspecified atom stereocenters. The fourth-order valence-corrected chi connectivity index (χ4v) is 4.56. The summed E-state index contributed by atoms with van der Waals surface area (Å²) < 4.78 is 0. The van der Waals surface area contributed by atoms with Crippen molar-refractivity contribution in [3.63, 3.8) is 0 Å². The third-order valence-corrected chi connectivity index (χ3v) is 6.14. The number of likely N-dealkylation sites (N-methyl/N-ethyl adjacent to an activating group) is 1. The quantitative estimate of drug-likeness (QED) is 0.334. The van der Waals surface area contributed by atoms with Gasteiger partial charge < -0.3 is 15.1 Å². The molecule has 0 saturated carbocycles. The van der Waals surface area contributed by atoms with Crippen molar-refractivity contribution < 1.29 is 9.59 Å². The highest BCUT2D eigenvalue weighted by atomic mass is 16.2. The molecule has 1 N–H and O–H groups in total. The molecule has 0 radical (unpaired) electrons. The van der Waals surface area contributed by atoms with Crippen molar-refractivity contribution in [3.8, 4) is 0 Å². The summed E-state index contributed by atoms with van der Waals surface area (Å²) >= 11 is 0. The predicted octanol–water partition coefficient (Wildman–Crippen LogP) is 2.24. The van der Waals surface area contributed by atoms with E-state index in [2.05, 4.69) is 23.7 Å². The molecule has 2 fully saturated rings. The van der Waals surface area contributed by atoms with Crippen LogP contribution < -0.4 is 5.32 Å². The maximum absolute atomic E-state index is 12.7. The Kier molecular flexibility index (Phi) is 9.03. The normalized spacial score (nSPS) is 25.8. The van der Waals surface area contributed by atoms with Crippen molar-refractivity contribution in [2.45, 2.75) is 58.5 Å². The Bertz CT molecular complexity index is 563. The number of hydrogen-bond acceptors (Lipinski definition) is 4. The zero-order chi connectivity index (χ0) is 20.5. The highest BCUT2D eigenvalue weighted by Crippen LogP contribution is 2.29. The topological polar surface area (TPSA) is 55.9 Å². The first-order valence-electron chi connectivity index (χ1n) is 10.8. The van der Waals surface area contributed by atoms with Gasteiger partial charge >= 0.3 is 0 Å². The monoisotopic (exact) mass is 390 g/mol. The second-order valence-electron chi connectivity index (χ2n) is 8.09. The largest absolute Gasteiger partial charge is 0.381 e. The van der Waals surface area contributed by atoms with Crippen LogP contribution in [-0.4, -0.2) is 78.4 Å². The first-order chi connectivity index (χ1) is 13.5. The Morgan fingerprint density at radius 2 is 2.11 bits per heavy atom. The Morgan fingerprint density at radius 3 is 2.75 bits per heavy atom. The van der Waals surface area contributed by atoms with Crippen LogP contribution in [0, 0.1) is 5.92 Å². The molecule has 2 saturated heterocycles. The summed E-state index contributed by atoms with van der Waals surface area (Å²) in [6, 6.07) is 1.10. The van der Waals surface area contributed by atoms with Crippen molar-refractivity contribution >= 4 is 12.3 Å². The molecular weight excluding hydrogens is 352 g/mol. The number of nitrogens with zero attached hydrogens (tertiary/aromatic N) is 3. The van der Waals surface area contributed by atoms with Crippen LogP contribution >= 0.6 is 0 Å². The molecule has 2 rings (SSSR count). The standard InChI is InChI=1S/C22H38N4O2/c1-5-12-24(17-27)13-11-20-9-8-18(4)26(20)16-19-10-14-25(15-19)22(28)21(6-2)23-7-3/h5-6,17-20,23H,1,7-16H2,2-4H3/b21-6-/t18?,19-,20?/m1/s1. The van der Waals surface area contributed by atoms with Crippen LogP contribution in [0.15, 0.2) is 24.4 Å². The van der Waals surface area contributed by atoms with Gasteiger partial charge in [-0.2, -0.15) is 0 Å². The maximum atomic E-state index is 12.7. The van der Waals surface area contributed by atoms with Crippen molar-refractivity contribution in [3.05, 3.63) is 24.4 Å². The van der Waals surface area contributed by atoms with Gasteiger partial charge in [0.25, 0.3) is 5.91 Å². The van der Waals surface area contributed by atoms with E-state index >= 15 is 0 Å². The minimum absolute atomic E-state index is 0.129. The number of hydrogen-bond donors (Lipinski definition) is 1. The van der Waals surface area contributed by atoms with Crippen LogP contribution in [0.4, 0.5) is 0 Å². The zero-order valence-corrected chi connectivity index (χ0v) is 17.9. The van der Waals surface area contributed by atoms with Gasteiger partial charge in [0, 0.05) is 51.4 Å². The Morgan fingerprint density at radius 1 is 1.32 bits per heavy atom. The van der Waals surface area contributed by atoms with Gasteiger partial charge in [-0.25, -0.2) is 0 Å². The molecule has 0 aromatic heterocycles. The van der Waals surface area contributed by atoms with Crippen LogP contribution in [0.25, 0.3) is 0 Å². The Balaban J connectivity index is 1.88. The van der Waals surface area contributed by atoms with E-state index in [0.717, 1.165) is 52.0 Å². The molecule has 2 heterocycles. The molecular formula is C22H38N4O2. The van der Waals surface area contributed by atoms with E-state index in [1.54, 1.807) is 11.0 Å². The smallest absolute Gasteiger partial charge is 0.269 e. The van der Waals surface area contributed by atoms with Crippen molar-refractivity contribution in [2.75, 3.05) is 39.3 Å². The van der Waals surface area contributed by atoms with Gasteiger partial charge in [-0.1, -0.05) is 12.2 Å². The van der Waals surface area contributed by atoms with Crippen LogP contribution in [0.2, 0.25) is 0 Å². The number of nitrogens with one attached hydrogen (secondary N) is 1. The molecule has 6 heteroatoms. The lowest BCUT2D eigenvalue weighted by molar-refractivity contribution is -0.126. The van der Waals surface area contributed by atoms with E-state index in [1.807, 2.05) is 24.8 Å². The summed E-state index contributed by atoms with van der Waals surface area (Å²) in [5, 5.41) is 3.17. The van der Waals surface area contributed by atoms with E-state index < -0.39 is 0 Å². The van der Waals surface area contributed by atoms with Gasteiger partial charge in [0.15, 0.2) is 0 Å². The second-order valence-corrected chi connectivity index (χ2v) is 8.09. The third-order valence-electron chi connectivity index (χ3n) is 6.14. The summed E-state index contributed by atoms with van der Waals surface area (Å²) in [5.41, 5.74) is 0.715. The molecule has 0 aliphatic carbocycles. The minimum atomic E-state index is 0.129. The van der Waals surface area contributed by atoms with E-state index in [1.165, 1.54) is 12.8 Å². The number of carbonyl (C=O) groups excluding carboxylic acids is 2. The highest BCUT2D eigenvalue weighted by molar-refractivity contribution is 5.92. The summed E-state index contributed by atoms with van der Waals surface area (Å²) in [7, 11) is 0. The van der Waals surface area contributed by atoms with E-state index in [4.69, 9.17) is 0 Å². The summed E-state index contributed by atoms with van der Waals surface area (Å²) in [6.45, 7) is 14.9. The second kappa shape index (κ2) is 11.2. The lowest BCUT2D eigenvalue weighted by Gasteiger charge is -2.32. The molecule has 28 heavy (non-hydrogen) atoms. The van der Waals surface area contributed by atoms with E-state index in [9.17, 15) is 9.59 Å². The van der Waals surface area contributed by atoms with E-state index in [-0.39, 0.29) is 5.91 Å². The Hall–Kier alpha value is -1.82. The van der Waals surface area contributed by atoms with Crippen molar-refractivity contribution in [1.29, 1.82) is 0 Å². The molecule has 0 aromatic carbocycles. The summed E-state index contributed by atoms with van der Waals surface area (Å²) in [6.07, 6.45) is 9.07. The average molecular weight is 391 g/mol. The average Bonchev–Trinajstić information content (AvgIpc) is 3.30. The highest BCUT2D eigenvalue weighted by Gasteiger charge is 2.35. The summed E-state index contributed by atoms with van der Waals surface area (Å²) in [5.74, 6) is 0.658. The molecule has 3 atom stereocenters. The summed E-state index contributed by atoms with van der Waals surface area (Å²) in [4.78, 5) is 30.3. The third kappa shape index (κ3) is 5.84. The van der Waals surface area contributed by atoms with Gasteiger partial charge in [-0.3, -0.25) is 14.5 Å². The van der Waals surface area contributed by atoms with Crippen molar-refractivity contribution in [2.24, 2.45) is 5.92 Å². The number of carbonyl (C=O) groups is 2. The van der Waals surface area contributed by atoms with Gasteiger partial charge in [0.2, 0.25) is 6.41 Å². The van der Waals surface area contributed by atoms with Gasteiger partial charge in [0.05, 0.1) is 5.70 Å². The predicted molar refractivity (Wildman–Crippen MR) is 114 cm³/mol. The molecule has 158 valence electrons. The van der Waals surface area contributed by atoms with Crippen LogP contribution in [-0.2, 0) is 9.59 Å². The number of likely N-dealkylation sites (tertiary alicyclic amines) is 2. The lowest BCUT2D eigenvalue weighted by atomic mass is 10.1. The fourth-order valence-electron chi connectivity index (χ4n) is 4.56. The molecule has 2 amide bonds. The minimum Gasteiger partial charge on any atom is -0.381 e. The number of amides is 2. The SMILES string of the molecule is C=CCN(C=O)CCC1CCC(C)N1C[C@@H]1CCN(C(=O)/C(=C/C)NCC)C1. The lowest BCUT2D eigenvalue weighted by Crippen LogP contribution is -2.41. The number of allylic oxidation sites excluding steroid dienone is 1. The van der Waals surface area contributed by atoms with Crippen molar-refractivity contribution in [1.82, 2.24) is 20.0 Å². The van der Waals surface area contributed by atoms with Crippen LogP contribution in [0.3, 0.4) is 0 Å². The molecule has 6 nitrogen and oxygen atoms in total. The Labute approximate surface area is 170 Å². The van der Waals surface area contributed by atoms with Crippen LogP contribution in [0.5, 0.6) is 0 Å². The fraction of sp³-hybridized carbons (Fsp3) is 0.727.